The van der Waals surface area contributed by atoms with Crippen LogP contribution in [0.25, 0.3) is 11.1 Å². The fraction of sp³-hybridized carbons (Fsp3) is 0.200. The predicted molar refractivity (Wildman–Crippen MR) is 79.4 cm³/mol. The van der Waals surface area contributed by atoms with Gasteiger partial charge in [0.05, 0.1) is 0 Å². The molecule has 2 aromatic rings. The molecule has 86 valence electrons. The summed E-state index contributed by atoms with van der Waals surface area (Å²) in [6.45, 7) is 4.58. The van der Waals surface area contributed by atoms with Crippen LogP contribution in [0.3, 0.4) is 0 Å². The lowest BCUT2D eigenvalue weighted by Gasteiger charge is -2.21. The van der Waals surface area contributed by atoms with Gasteiger partial charge in [-0.1, -0.05) is 57.8 Å². The van der Waals surface area contributed by atoms with E-state index in [1.807, 2.05) is 0 Å². The summed E-state index contributed by atoms with van der Waals surface area (Å²) in [4.78, 5) is 0. The highest BCUT2D eigenvalue weighted by atomic mass is 79.9. The second-order valence-corrected chi connectivity index (χ2v) is 6.84. The molecule has 1 aliphatic rings. The first-order valence-electron chi connectivity index (χ1n) is 5.60. The van der Waals surface area contributed by atoms with E-state index in [1.165, 1.54) is 22.3 Å². The van der Waals surface area contributed by atoms with Crippen LogP contribution in [0.15, 0.2) is 45.3 Å². The van der Waals surface area contributed by atoms with Crippen LogP contribution in [0.2, 0.25) is 0 Å². The number of fused-ring (bicyclic) bond motifs is 3. The van der Waals surface area contributed by atoms with Gasteiger partial charge in [-0.2, -0.15) is 0 Å². The second kappa shape index (κ2) is 3.69. The highest BCUT2D eigenvalue weighted by Crippen LogP contribution is 2.49. The van der Waals surface area contributed by atoms with Crippen molar-refractivity contribution in [3.8, 4) is 11.1 Å². The minimum absolute atomic E-state index is 0.0924. The van der Waals surface area contributed by atoms with Crippen molar-refractivity contribution in [2.45, 2.75) is 19.3 Å². The van der Waals surface area contributed by atoms with Crippen molar-refractivity contribution >= 4 is 31.9 Å². The average molecular weight is 352 g/mol. The van der Waals surface area contributed by atoms with E-state index in [9.17, 15) is 0 Å². The summed E-state index contributed by atoms with van der Waals surface area (Å²) in [6, 6.07) is 13.1. The van der Waals surface area contributed by atoms with Gasteiger partial charge in [0.2, 0.25) is 0 Å². The summed E-state index contributed by atoms with van der Waals surface area (Å²) in [5.41, 5.74) is 5.62. The molecule has 0 amide bonds. The summed E-state index contributed by atoms with van der Waals surface area (Å²) in [5.74, 6) is 0. The van der Waals surface area contributed by atoms with Crippen LogP contribution in [0.4, 0.5) is 0 Å². The lowest BCUT2D eigenvalue weighted by atomic mass is 9.82. The zero-order valence-electron chi connectivity index (χ0n) is 9.72. The maximum absolute atomic E-state index is 3.57. The van der Waals surface area contributed by atoms with Gasteiger partial charge in [-0.05, 0) is 46.5 Å². The third-order valence-electron chi connectivity index (χ3n) is 3.60. The molecule has 0 aromatic heterocycles. The molecular formula is C15H12Br2. The van der Waals surface area contributed by atoms with Gasteiger partial charge in [0.1, 0.15) is 0 Å². The van der Waals surface area contributed by atoms with Crippen LogP contribution in [0.5, 0.6) is 0 Å². The molecule has 1 aliphatic carbocycles. The third-order valence-corrected chi connectivity index (χ3v) is 4.59. The Kier molecular flexibility index (Phi) is 2.50. The molecule has 17 heavy (non-hydrogen) atoms. The molecule has 0 N–H and O–H groups in total. The van der Waals surface area contributed by atoms with E-state index in [0.29, 0.717) is 0 Å². The molecule has 0 bridgehead atoms. The van der Waals surface area contributed by atoms with Gasteiger partial charge in [-0.25, -0.2) is 0 Å². The van der Waals surface area contributed by atoms with E-state index in [0.717, 1.165) is 8.95 Å². The Hall–Kier alpha value is -0.600. The molecule has 0 spiro atoms. The standard InChI is InChI=1S/C15H12Br2/c1-15(2)13-6-4-9(16)7-12(13)11-5-3-10(17)8-14(11)15/h3-8H,1-2H3. The highest BCUT2D eigenvalue weighted by molar-refractivity contribution is 9.10. The topological polar surface area (TPSA) is 0 Å². The fourth-order valence-corrected chi connectivity index (χ4v) is 3.42. The van der Waals surface area contributed by atoms with Crippen molar-refractivity contribution < 1.29 is 0 Å². The van der Waals surface area contributed by atoms with Gasteiger partial charge < -0.3 is 0 Å². The van der Waals surface area contributed by atoms with E-state index in [4.69, 9.17) is 0 Å². The van der Waals surface area contributed by atoms with Crippen LogP contribution in [0.1, 0.15) is 25.0 Å². The van der Waals surface area contributed by atoms with E-state index in [1.54, 1.807) is 0 Å². The first kappa shape index (κ1) is 11.5. The number of hydrogen-bond donors (Lipinski definition) is 0. The SMILES string of the molecule is CC1(C)c2ccc(Br)cc2-c2ccc(Br)cc21. The van der Waals surface area contributed by atoms with Crippen LogP contribution in [-0.2, 0) is 5.41 Å². The Bertz CT molecular complexity index is 612. The summed E-state index contributed by atoms with van der Waals surface area (Å²) in [5, 5.41) is 0. The normalized spacial score (nSPS) is 15.5. The molecule has 0 nitrogen and oxygen atoms in total. The molecule has 0 saturated heterocycles. The van der Waals surface area contributed by atoms with Gasteiger partial charge in [-0.3, -0.25) is 0 Å². The van der Waals surface area contributed by atoms with E-state index in [-0.39, 0.29) is 5.41 Å². The molecule has 0 saturated carbocycles. The summed E-state index contributed by atoms with van der Waals surface area (Å²) >= 11 is 7.13. The first-order chi connectivity index (χ1) is 8.00. The quantitative estimate of drug-likeness (QED) is 0.586. The Morgan fingerprint density at radius 1 is 0.765 bits per heavy atom. The number of halogens is 2. The summed E-state index contributed by atoms with van der Waals surface area (Å²) in [7, 11) is 0. The minimum atomic E-state index is 0.0924. The largest absolute Gasteiger partial charge is 0.0564 e. The lowest BCUT2D eigenvalue weighted by molar-refractivity contribution is 0.660. The maximum atomic E-state index is 3.57. The minimum Gasteiger partial charge on any atom is -0.0564 e. The molecule has 0 fully saturated rings. The van der Waals surface area contributed by atoms with Crippen molar-refractivity contribution in [1.82, 2.24) is 0 Å². The predicted octanol–water partition coefficient (Wildman–Crippen LogP) is 5.52. The van der Waals surface area contributed by atoms with E-state index in [2.05, 4.69) is 82.1 Å². The monoisotopic (exact) mass is 350 g/mol. The van der Waals surface area contributed by atoms with E-state index >= 15 is 0 Å². The molecule has 0 radical (unpaired) electrons. The van der Waals surface area contributed by atoms with Crippen LogP contribution >= 0.6 is 31.9 Å². The van der Waals surface area contributed by atoms with Crippen LogP contribution in [-0.4, -0.2) is 0 Å². The Balaban J connectivity index is 2.38. The highest BCUT2D eigenvalue weighted by Gasteiger charge is 2.35. The average Bonchev–Trinajstić information content (AvgIpc) is 2.48. The Morgan fingerprint density at radius 2 is 1.41 bits per heavy atom. The van der Waals surface area contributed by atoms with Crippen molar-refractivity contribution in [2.75, 3.05) is 0 Å². The second-order valence-electron chi connectivity index (χ2n) is 5.00. The number of hydrogen-bond acceptors (Lipinski definition) is 0. The Morgan fingerprint density at radius 3 is 2.18 bits per heavy atom. The fourth-order valence-electron chi connectivity index (χ4n) is 2.70. The Labute approximate surface area is 118 Å². The van der Waals surface area contributed by atoms with Crippen molar-refractivity contribution in [2.24, 2.45) is 0 Å². The van der Waals surface area contributed by atoms with Gasteiger partial charge in [0.15, 0.2) is 0 Å². The van der Waals surface area contributed by atoms with Crippen molar-refractivity contribution in [3.05, 3.63) is 56.5 Å². The maximum Gasteiger partial charge on any atom is 0.0181 e. The smallest absolute Gasteiger partial charge is 0.0181 e. The van der Waals surface area contributed by atoms with Crippen molar-refractivity contribution in [1.29, 1.82) is 0 Å². The number of rotatable bonds is 0. The van der Waals surface area contributed by atoms with Gasteiger partial charge in [0, 0.05) is 14.4 Å². The summed E-state index contributed by atoms with van der Waals surface area (Å²) < 4.78 is 2.29. The van der Waals surface area contributed by atoms with Crippen LogP contribution in [0, 0.1) is 0 Å². The first-order valence-corrected chi connectivity index (χ1v) is 7.19. The molecule has 0 heterocycles. The van der Waals surface area contributed by atoms with Gasteiger partial charge >= 0.3 is 0 Å². The molecule has 3 rings (SSSR count). The molecule has 0 aliphatic heterocycles. The van der Waals surface area contributed by atoms with Gasteiger partial charge in [0.25, 0.3) is 0 Å². The molecule has 2 heteroatoms. The molecule has 2 aromatic carbocycles. The van der Waals surface area contributed by atoms with Crippen LogP contribution < -0.4 is 0 Å². The molecule has 0 unspecified atom stereocenters. The van der Waals surface area contributed by atoms with Crippen molar-refractivity contribution in [3.63, 3.8) is 0 Å². The number of benzene rings is 2. The zero-order valence-corrected chi connectivity index (χ0v) is 12.9. The third kappa shape index (κ3) is 1.61. The molecular weight excluding hydrogens is 340 g/mol. The molecule has 0 atom stereocenters. The summed E-state index contributed by atoms with van der Waals surface area (Å²) in [6.07, 6.45) is 0. The lowest BCUT2D eigenvalue weighted by Crippen LogP contribution is -2.14. The zero-order chi connectivity index (χ0) is 12.2. The van der Waals surface area contributed by atoms with E-state index < -0.39 is 0 Å². The van der Waals surface area contributed by atoms with Gasteiger partial charge in [-0.15, -0.1) is 0 Å².